The quantitative estimate of drug-likeness (QED) is 0.471. The summed E-state index contributed by atoms with van der Waals surface area (Å²) in [5, 5.41) is 4.81. The van der Waals surface area contributed by atoms with Crippen molar-refractivity contribution in [2.45, 2.75) is 23.4 Å². The van der Waals surface area contributed by atoms with E-state index in [4.69, 9.17) is 14.2 Å². The van der Waals surface area contributed by atoms with Gasteiger partial charge in [-0.25, -0.2) is 4.98 Å². The molecule has 0 aliphatic carbocycles. The molecule has 30 heavy (non-hydrogen) atoms. The summed E-state index contributed by atoms with van der Waals surface area (Å²) in [5.74, 6) is 2.76. The van der Waals surface area contributed by atoms with Gasteiger partial charge >= 0.3 is 0 Å². The number of thioether (sulfide) groups is 1. The van der Waals surface area contributed by atoms with Gasteiger partial charge in [-0.05, 0) is 42.3 Å². The molecule has 2 aromatic carbocycles. The number of nitrogens with one attached hydrogen (secondary N) is 1. The van der Waals surface area contributed by atoms with Crippen molar-refractivity contribution in [3.8, 4) is 17.2 Å². The van der Waals surface area contributed by atoms with E-state index in [2.05, 4.69) is 10.3 Å². The molecule has 0 bridgehead atoms. The molecular weight excluding hydrogens is 420 g/mol. The normalized spacial score (nSPS) is 10.5. The summed E-state index contributed by atoms with van der Waals surface area (Å²) >= 11 is 3.15. The molecule has 0 radical (unpaired) electrons. The highest BCUT2D eigenvalue weighted by atomic mass is 32.2. The molecule has 6 nitrogen and oxygen atoms in total. The van der Waals surface area contributed by atoms with Crippen LogP contribution in [0.5, 0.6) is 17.2 Å². The molecule has 0 fully saturated rings. The summed E-state index contributed by atoms with van der Waals surface area (Å²) in [7, 11) is 4.86. The fourth-order valence-electron chi connectivity index (χ4n) is 2.79. The second-order valence-electron chi connectivity index (χ2n) is 6.54. The molecule has 0 spiro atoms. The predicted octanol–water partition coefficient (Wildman–Crippen LogP) is 4.95. The van der Waals surface area contributed by atoms with Gasteiger partial charge in [-0.15, -0.1) is 11.3 Å². The molecule has 1 N–H and O–H groups in total. The Bertz CT molecular complexity index is 998. The lowest BCUT2D eigenvalue weighted by Crippen LogP contribution is -2.15. The zero-order chi connectivity index (χ0) is 21.5. The summed E-state index contributed by atoms with van der Waals surface area (Å²) in [4.78, 5) is 17.0. The van der Waals surface area contributed by atoms with E-state index in [0.29, 0.717) is 11.4 Å². The van der Waals surface area contributed by atoms with Crippen LogP contribution in [-0.4, -0.2) is 32.2 Å². The van der Waals surface area contributed by atoms with Gasteiger partial charge in [0.25, 0.3) is 0 Å². The van der Waals surface area contributed by atoms with Crippen LogP contribution in [0.3, 0.4) is 0 Å². The van der Waals surface area contributed by atoms with E-state index < -0.39 is 0 Å². The molecule has 0 saturated heterocycles. The van der Waals surface area contributed by atoms with Crippen LogP contribution in [0.2, 0.25) is 0 Å². The average molecular weight is 445 g/mol. The molecular formula is C22H24N2O4S2. The number of benzene rings is 2. The highest BCUT2D eigenvalue weighted by molar-refractivity contribution is 8.00. The fourth-order valence-corrected chi connectivity index (χ4v) is 4.57. The predicted molar refractivity (Wildman–Crippen MR) is 121 cm³/mol. The van der Waals surface area contributed by atoms with E-state index in [1.807, 2.05) is 48.7 Å². The Balaban J connectivity index is 1.58. The lowest BCUT2D eigenvalue weighted by atomic mass is 10.2. The summed E-state index contributed by atoms with van der Waals surface area (Å²) in [5.41, 5.74) is 3.55. The largest absolute Gasteiger partial charge is 0.497 e. The minimum atomic E-state index is -0.128. The van der Waals surface area contributed by atoms with Gasteiger partial charge in [0.05, 0.1) is 39.1 Å². The Kier molecular flexibility index (Phi) is 7.59. The van der Waals surface area contributed by atoms with Crippen LogP contribution in [0, 0.1) is 6.92 Å². The second-order valence-corrected chi connectivity index (χ2v) is 8.62. The lowest BCUT2D eigenvalue weighted by Gasteiger charge is -2.10. The van der Waals surface area contributed by atoms with Crippen LogP contribution in [0.4, 0.5) is 5.69 Å². The van der Waals surface area contributed by atoms with Crippen LogP contribution in [-0.2, 0) is 17.0 Å². The third-order valence-corrected chi connectivity index (χ3v) is 6.42. The first-order valence-electron chi connectivity index (χ1n) is 9.24. The van der Waals surface area contributed by atoms with Gasteiger partial charge in [-0.3, -0.25) is 4.79 Å². The van der Waals surface area contributed by atoms with Crippen molar-refractivity contribution in [1.29, 1.82) is 0 Å². The number of hydrogen-bond acceptors (Lipinski definition) is 7. The third kappa shape index (κ3) is 5.90. The maximum absolute atomic E-state index is 12.4. The van der Waals surface area contributed by atoms with E-state index in [-0.39, 0.29) is 12.3 Å². The summed E-state index contributed by atoms with van der Waals surface area (Å²) in [6.45, 7) is 1.98. The highest BCUT2D eigenvalue weighted by Crippen LogP contribution is 2.30. The highest BCUT2D eigenvalue weighted by Gasteiger charge is 2.12. The Morgan fingerprint density at radius 3 is 2.47 bits per heavy atom. The first-order valence-corrected chi connectivity index (χ1v) is 11.1. The van der Waals surface area contributed by atoms with Gasteiger partial charge in [0.15, 0.2) is 0 Å². The van der Waals surface area contributed by atoms with Crippen molar-refractivity contribution >= 4 is 34.7 Å². The van der Waals surface area contributed by atoms with Gasteiger partial charge in [-0.2, -0.15) is 0 Å². The Labute approximate surface area is 184 Å². The number of ether oxygens (including phenoxy) is 3. The number of carbonyl (C=O) groups is 1. The van der Waals surface area contributed by atoms with E-state index in [9.17, 15) is 4.79 Å². The van der Waals surface area contributed by atoms with Crippen molar-refractivity contribution in [2.75, 3.05) is 26.6 Å². The van der Waals surface area contributed by atoms with Crippen LogP contribution in [0.15, 0.2) is 46.1 Å². The van der Waals surface area contributed by atoms with Gasteiger partial charge in [0, 0.05) is 17.2 Å². The molecule has 3 rings (SSSR count). The first-order chi connectivity index (χ1) is 14.5. The minimum Gasteiger partial charge on any atom is -0.497 e. The van der Waals surface area contributed by atoms with Crippen LogP contribution in [0.25, 0.3) is 0 Å². The molecule has 1 aromatic heterocycles. The molecule has 3 aromatic rings. The number of amides is 1. The van der Waals surface area contributed by atoms with Crippen molar-refractivity contribution < 1.29 is 19.0 Å². The molecule has 0 atom stereocenters. The zero-order valence-electron chi connectivity index (χ0n) is 17.4. The molecule has 0 aliphatic rings. The van der Waals surface area contributed by atoms with Crippen LogP contribution < -0.4 is 19.5 Å². The number of nitrogens with zero attached hydrogens (tertiary/aromatic N) is 1. The number of aromatic nitrogens is 1. The van der Waals surface area contributed by atoms with Crippen molar-refractivity contribution in [3.63, 3.8) is 0 Å². The maximum atomic E-state index is 12.4. The van der Waals surface area contributed by atoms with E-state index in [1.54, 1.807) is 33.1 Å². The van der Waals surface area contributed by atoms with Crippen LogP contribution >= 0.6 is 23.1 Å². The molecule has 1 heterocycles. The Hall–Kier alpha value is -2.71. The summed E-state index contributed by atoms with van der Waals surface area (Å²) < 4.78 is 16.9. The van der Waals surface area contributed by atoms with Crippen molar-refractivity contribution in [1.82, 2.24) is 4.98 Å². The maximum Gasteiger partial charge on any atom is 0.230 e. The van der Waals surface area contributed by atoms with Gasteiger partial charge < -0.3 is 19.5 Å². The standard InChI is InChI=1S/C22H24N2O4S2/c1-14-5-6-19(20(7-14)28-4)24-21(25)10-16-13-30-22(23-16)29-12-15-8-17(26-2)11-18(9-15)27-3/h5-9,11,13H,10,12H2,1-4H3,(H,24,25). The first kappa shape index (κ1) is 22.0. The number of thiazole rings is 1. The summed E-state index contributed by atoms with van der Waals surface area (Å²) in [6, 6.07) is 11.5. The number of aryl methyl sites for hydroxylation is 1. The average Bonchev–Trinajstić information content (AvgIpc) is 3.20. The number of anilines is 1. The Morgan fingerprint density at radius 2 is 1.80 bits per heavy atom. The summed E-state index contributed by atoms with van der Waals surface area (Å²) in [6.07, 6.45) is 0.209. The number of methoxy groups -OCH3 is 3. The van der Waals surface area contributed by atoms with Gasteiger partial charge in [0.1, 0.15) is 21.6 Å². The van der Waals surface area contributed by atoms with Crippen LogP contribution in [0.1, 0.15) is 16.8 Å². The zero-order valence-corrected chi connectivity index (χ0v) is 19.0. The minimum absolute atomic E-state index is 0.128. The third-order valence-electron chi connectivity index (χ3n) is 4.28. The molecule has 0 unspecified atom stereocenters. The molecule has 8 heteroatoms. The Morgan fingerprint density at radius 1 is 1.07 bits per heavy atom. The lowest BCUT2D eigenvalue weighted by molar-refractivity contribution is -0.115. The topological polar surface area (TPSA) is 69.7 Å². The number of hydrogen-bond donors (Lipinski definition) is 1. The molecule has 0 saturated carbocycles. The number of carbonyl (C=O) groups excluding carboxylic acids is 1. The van der Waals surface area contributed by atoms with E-state index >= 15 is 0 Å². The van der Waals surface area contributed by atoms with Crippen molar-refractivity contribution in [3.05, 3.63) is 58.6 Å². The second kappa shape index (κ2) is 10.4. The smallest absolute Gasteiger partial charge is 0.230 e. The molecule has 0 aliphatic heterocycles. The number of rotatable bonds is 9. The van der Waals surface area contributed by atoms with E-state index in [0.717, 1.165) is 38.4 Å². The monoisotopic (exact) mass is 444 g/mol. The van der Waals surface area contributed by atoms with Gasteiger partial charge in [-0.1, -0.05) is 17.8 Å². The molecule has 1 amide bonds. The van der Waals surface area contributed by atoms with E-state index in [1.165, 1.54) is 11.3 Å². The fraction of sp³-hybridized carbons (Fsp3) is 0.273. The van der Waals surface area contributed by atoms with Crippen molar-refractivity contribution in [2.24, 2.45) is 0 Å². The van der Waals surface area contributed by atoms with Gasteiger partial charge in [0.2, 0.25) is 5.91 Å². The SMILES string of the molecule is COc1cc(CSc2nc(CC(=O)Nc3ccc(C)cc3OC)cs2)cc(OC)c1. The molecule has 158 valence electrons.